The summed E-state index contributed by atoms with van der Waals surface area (Å²) in [5, 5.41) is 14.3. The third-order valence-corrected chi connectivity index (χ3v) is 4.67. The second-order valence-electron chi connectivity index (χ2n) is 5.08. The van der Waals surface area contributed by atoms with E-state index in [9.17, 15) is 17.6 Å². The first-order valence-corrected chi connectivity index (χ1v) is 8.60. The van der Waals surface area contributed by atoms with E-state index in [0.29, 0.717) is 15.2 Å². The van der Waals surface area contributed by atoms with Gasteiger partial charge < -0.3 is 10.4 Å². The molecule has 0 unspecified atom stereocenters. The first kappa shape index (κ1) is 18.0. The summed E-state index contributed by atoms with van der Waals surface area (Å²) in [6.45, 7) is -0.0831. The molecule has 0 radical (unpaired) electrons. The van der Waals surface area contributed by atoms with Gasteiger partial charge in [-0.05, 0) is 18.2 Å². The molecule has 0 aliphatic heterocycles. The molecular weight excluding hydrogens is 426 g/mol. The highest BCUT2D eigenvalue weighted by molar-refractivity contribution is 9.10. The van der Waals surface area contributed by atoms with Crippen molar-refractivity contribution in [1.29, 1.82) is 0 Å². The maximum atomic E-state index is 14.1. The number of nitrogens with zero attached hydrogens (tertiary/aromatic N) is 2. The van der Waals surface area contributed by atoms with Crippen molar-refractivity contribution in [2.24, 2.45) is 0 Å². The lowest BCUT2D eigenvalue weighted by molar-refractivity contribution is -0.140. The summed E-state index contributed by atoms with van der Waals surface area (Å²) in [5.41, 5.74) is -0.973. The van der Waals surface area contributed by atoms with E-state index >= 15 is 0 Å². The minimum atomic E-state index is -4.70. The summed E-state index contributed by atoms with van der Waals surface area (Å²) in [5.74, 6) is -0.852. The standard InChI is InChI=1S/C15H10BrF4N3OS/c16-7-1-9-11(21-4-13-22-8(5-24)6-25-13)3-12(15(18,19)20)23-14(9)10(17)2-7/h1-3,6,24H,4-5H2,(H,21,23). The van der Waals surface area contributed by atoms with Crippen LogP contribution in [0.3, 0.4) is 0 Å². The second kappa shape index (κ2) is 6.85. The molecule has 10 heteroatoms. The SMILES string of the molecule is OCc1csc(CNc2cc(C(F)(F)F)nc3c(F)cc(Br)cc23)n1. The quantitative estimate of drug-likeness (QED) is 0.582. The maximum absolute atomic E-state index is 14.1. The number of pyridine rings is 1. The first-order chi connectivity index (χ1) is 11.8. The number of hydrogen-bond acceptors (Lipinski definition) is 5. The van der Waals surface area contributed by atoms with Gasteiger partial charge in [-0.2, -0.15) is 13.2 Å². The summed E-state index contributed by atoms with van der Waals surface area (Å²) in [7, 11) is 0. The minimum Gasteiger partial charge on any atom is -0.390 e. The van der Waals surface area contributed by atoms with E-state index in [1.807, 2.05) is 0 Å². The number of aliphatic hydroxyl groups excluding tert-OH is 1. The van der Waals surface area contributed by atoms with Crippen molar-refractivity contribution in [2.45, 2.75) is 19.3 Å². The van der Waals surface area contributed by atoms with Crippen LogP contribution in [0.5, 0.6) is 0 Å². The number of rotatable bonds is 4. The van der Waals surface area contributed by atoms with E-state index in [1.54, 1.807) is 5.38 Å². The van der Waals surface area contributed by atoms with Crippen LogP contribution in [0, 0.1) is 5.82 Å². The van der Waals surface area contributed by atoms with Gasteiger partial charge in [-0.25, -0.2) is 14.4 Å². The van der Waals surface area contributed by atoms with Gasteiger partial charge >= 0.3 is 6.18 Å². The number of halogens is 5. The highest BCUT2D eigenvalue weighted by Crippen LogP contribution is 2.35. The zero-order valence-corrected chi connectivity index (χ0v) is 14.8. The molecule has 25 heavy (non-hydrogen) atoms. The summed E-state index contributed by atoms with van der Waals surface area (Å²) in [6.07, 6.45) is -4.70. The summed E-state index contributed by atoms with van der Waals surface area (Å²) in [4.78, 5) is 7.53. The number of hydrogen-bond donors (Lipinski definition) is 2. The number of alkyl halides is 3. The van der Waals surface area contributed by atoms with Crippen LogP contribution in [0.4, 0.5) is 23.2 Å². The van der Waals surface area contributed by atoms with Crippen LogP contribution in [0.2, 0.25) is 0 Å². The van der Waals surface area contributed by atoms with Crippen molar-refractivity contribution >= 4 is 43.9 Å². The Labute approximate surface area is 151 Å². The van der Waals surface area contributed by atoms with Crippen LogP contribution >= 0.6 is 27.3 Å². The van der Waals surface area contributed by atoms with Crippen molar-refractivity contribution in [3.05, 3.63) is 50.3 Å². The van der Waals surface area contributed by atoms with Gasteiger partial charge in [0.2, 0.25) is 0 Å². The molecule has 4 nitrogen and oxygen atoms in total. The zero-order chi connectivity index (χ0) is 18.2. The van der Waals surface area contributed by atoms with Crippen LogP contribution in [0.25, 0.3) is 10.9 Å². The third kappa shape index (κ3) is 3.91. The molecule has 0 saturated heterocycles. The molecule has 1 aromatic carbocycles. The fourth-order valence-corrected chi connectivity index (χ4v) is 3.37. The molecule has 3 aromatic rings. The molecule has 0 aliphatic carbocycles. The van der Waals surface area contributed by atoms with Crippen LogP contribution in [-0.2, 0) is 19.3 Å². The van der Waals surface area contributed by atoms with E-state index in [-0.39, 0.29) is 29.7 Å². The van der Waals surface area contributed by atoms with Gasteiger partial charge in [0.1, 0.15) is 16.2 Å². The van der Waals surface area contributed by atoms with Crippen molar-refractivity contribution < 1.29 is 22.7 Å². The number of fused-ring (bicyclic) bond motifs is 1. The average Bonchev–Trinajstić information content (AvgIpc) is 2.99. The van der Waals surface area contributed by atoms with E-state index in [4.69, 9.17) is 5.11 Å². The Bertz CT molecular complexity index is 929. The first-order valence-electron chi connectivity index (χ1n) is 6.93. The van der Waals surface area contributed by atoms with Crippen LogP contribution in [0.15, 0.2) is 28.1 Å². The molecule has 0 aliphatic rings. The lowest BCUT2D eigenvalue weighted by Crippen LogP contribution is -2.10. The molecule has 132 valence electrons. The smallest absolute Gasteiger partial charge is 0.390 e. The molecule has 2 heterocycles. The molecule has 0 bridgehead atoms. The largest absolute Gasteiger partial charge is 0.433 e. The number of aliphatic hydroxyl groups is 1. The van der Waals surface area contributed by atoms with Gasteiger partial charge in [0, 0.05) is 20.9 Å². The summed E-state index contributed by atoms with van der Waals surface area (Å²) in [6, 6.07) is 3.40. The van der Waals surface area contributed by atoms with Crippen molar-refractivity contribution in [3.8, 4) is 0 Å². The lowest BCUT2D eigenvalue weighted by atomic mass is 10.1. The molecule has 3 rings (SSSR count). The maximum Gasteiger partial charge on any atom is 0.433 e. The number of thiazole rings is 1. The molecule has 0 amide bonds. The van der Waals surface area contributed by atoms with Gasteiger partial charge in [-0.15, -0.1) is 11.3 Å². The molecule has 2 N–H and O–H groups in total. The fraction of sp³-hybridized carbons (Fsp3) is 0.200. The fourth-order valence-electron chi connectivity index (χ4n) is 2.22. The topological polar surface area (TPSA) is 58.0 Å². The van der Waals surface area contributed by atoms with Crippen LogP contribution in [0.1, 0.15) is 16.4 Å². The Morgan fingerprint density at radius 2 is 1.96 bits per heavy atom. The van der Waals surface area contributed by atoms with Crippen LogP contribution < -0.4 is 5.32 Å². The number of benzene rings is 1. The van der Waals surface area contributed by atoms with Crippen molar-refractivity contribution in [1.82, 2.24) is 9.97 Å². The average molecular weight is 436 g/mol. The van der Waals surface area contributed by atoms with E-state index in [2.05, 4.69) is 31.2 Å². The molecule has 0 saturated carbocycles. The number of aromatic nitrogens is 2. The molecule has 0 atom stereocenters. The van der Waals surface area contributed by atoms with Gasteiger partial charge in [0.15, 0.2) is 5.82 Å². The van der Waals surface area contributed by atoms with Crippen molar-refractivity contribution in [3.63, 3.8) is 0 Å². The predicted molar refractivity (Wildman–Crippen MR) is 89.8 cm³/mol. The van der Waals surface area contributed by atoms with Crippen LogP contribution in [-0.4, -0.2) is 15.1 Å². The Morgan fingerprint density at radius 3 is 2.60 bits per heavy atom. The lowest BCUT2D eigenvalue weighted by Gasteiger charge is -2.13. The summed E-state index contributed by atoms with van der Waals surface area (Å²) >= 11 is 4.39. The van der Waals surface area contributed by atoms with Gasteiger partial charge in [-0.3, -0.25) is 0 Å². The Kier molecular flexibility index (Phi) is 4.94. The van der Waals surface area contributed by atoms with E-state index in [1.165, 1.54) is 17.4 Å². The number of anilines is 1. The Balaban J connectivity index is 2.04. The Hall–Kier alpha value is -1.78. The zero-order valence-electron chi connectivity index (χ0n) is 12.4. The second-order valence-corrected chi connectivity index (χ2v) is 6.94. The van der Waals surface area contributed by atoms with Gasteiger partial charge in [0.05, 0.1) is 18.8 Å². The molecule has 2 aromatic heterocycles. The van der Waals surface area contributed by atoms with E-state index < -0.39 is 17.7 Å². The Morgan fingerprint density at radius 1 is 1.20 bits per heavy atom. The predicted octanol–water partition coefficient (Wildman–Crippen LogP) is 4.72. The molecule has 0 spiro atoms. The van der Waals surface area contributed by atoms with Gasteiger partial charge in [-0.1, -0.05) is 15.9 Å². The normalized spacial score (nSPS) is 11.9. The monoisotopic (exact) mass is 435 g/mol. The third-order valence-electron chi connectivity index (χ3n) is 3.31. The van der Waals surface area contributed by atoms with Crippen molar-refractivity contribution in [2.75, 3.05) is 5.32 Å². The minimum absolute atomic E-state index is 0.0956. The molecule has 0 fully saturated rings. The summed E-state index contributed by atoms with van der Waals surface area (Å²) < 4.78 is 53.6. The van der Waals surface area contributed by atoms with Gasteiger partial charge in [0.25, 0.3) is 0 Å². The van der Waals surface area contributed by atoms with E-state index in [0.717, 1.165) is 12.1 Å². The number of nitrogens with one attached hydrogen (secondary N) is 1. The highest BCUT2D eigenvalue weighted by Gasteiger charge is 2.33. The molecular formula is C15H10BrF4N3OS. The highest BCUT2D eigenvalue weighted by atomic mass is 79.9.